The van der Waals surface area contributed by atoms with Crippen molar-refractivity contribution in [3.05, 3.63) is 78.2 Å². The monoisotopic (exact) mass is 438 g/mol. The van der Waals surface area contributed by atoms with Crippen LogP contribution in [0.2, 0.25) is 0 Å². The van der Waals surface area contributed by atoms with Gasteiger partial charge in [0.25, 0.3) is 0 Å². The standard InChI is InChI=1S/C27H26N4O2/c28-20(9-19-13-30-24-4-2-1-3-22(19)24)15-33-21-10-18(12-29-14-21)17-7-8-25-23(11-17)26(16-5-6-16)27(32)31-25/h1-4,7-8,10-14,16,20,26,30H,5-6,9,15,28H2,(H,31,32)/t20-,26?/m0/s1. The molecule has 0 spiro atoms. The molecule has 6 nitrogen and oxygen atoms in total. The number of rotatable bonds is 7. The summed E-state index contributed by atoms with van der Waals surface area (Å²) in [5.74, 6) is 1.28. The molecule has 6 heteroatoms. The molecule has 166 valence electrons. The zero-order chi connectivity index (χ0) is 22.4. The van der Waals surface area contributed by atoms with Gasteiger partial charge in [-0.2, -0.15) is 0 Å². The first-order valence-electron chi connectivity index (χ1n) is 11.5. The third-order valence-corrected chi connectivity index (χ3v) is 6.69. The van der Waals surface area contributed by atoms with E-state index in [1.165, 1.54) is 10.9 Å². The minimum absolute atomic E-state index is 0.0187. The van der Waals surface area contributed by atoms with Crippen LogP contribution in [0.5, 0.6) is 5.75 Å². The quantitative estimate of drug-likeness (QED) is 0.392. The Kier molecular flexibility index (Phi) is 4.88. The van der Waals surface area contributed by atoms with Gasteiger partial charge in [-0.3, -0.25) is 9.78 Å². The van der Waals surface area contributed by atoms with Crippen molar-refractivity contribution in [1.82, 2.24) is 9.97 Å². The molecule has 0 bridgehead atoms. The third-order valence-electron chi connectivity index (χ3n) is 6.69. The summed E-state index contributed by atoms with van der Waals surface area (Å²) in [5, 5.41) is 4.22. The summed E-state index contributed by atoms with van der Waals surface area (Å²) in [4.78, 5) is 20.1. The molecular formula is C27H26N4O2. The summed E-state index contributed by atoms with van der Waals surface area (Å²) in [6.07, 6.45) is 8.56. The van der Waals surface area contributed by atoms with Gasteiger partial charge in [0.2, 0.25) is 5.91 Å². The fraction of sp³-hybridized carbons (Fsp3) is 0.259. The minimum atomic E-state index is -0.135. The van der Waals surface area contributed by atoms with Gasteiger partial charge < -0.3 is 20.8 Å². The number of nitrogens with one attached hydrogen (secondary N) is 2. The number of ether oxygens (including phenoxy) is 1. The van der Waals surface area contributed by atoms with Crippen molar-refractivity contribution < 1.29 is 9.53 Å². The van der Waals surface area contributed by atoms with E-state index >= 15 is 0 Å². The normalized spacial score (nSPS) is 18.2. The van der Waals surface area contributed by atoms with Crippen molar-refractivity contribution in [3.8, 4) is 16.9 Å². The molecule has 3 heterocycles. The minimum Gasteiger partial charge on any atom is -0.490 e. The van der Waals surface area contributed by atoms with Gasteiger partial charge in [-0.25, -0.2) is 0 Å². The number of aromatic nitrogens is 2. The summed E-state index contributed by atoms with van der Waals surface area (Å²) in [5.41, 5.74) is 12.7. The number of anilines is 1. The van der Waals surface area contributed by atoms with Crippen molar-refractivity contribution in [3.63, 3.8) is 0 Å². The molecule has 4 aromatic rings. The maximum atomic E-state index is 12.4. The van der Waals surface area contributed by atoms with Gasteiger partial charge in [0, 0.05) is 40.6 Å². The molecule has 0 saturated heterocycles. The van der Waals surface area contributed by atoms with Crippen LogP contribution in [0.25, 0.3) is 22.0 Å². The Bertz CT molecular complexity index is 1340. The van der Waals surface area contributed by atoms with E-state index in [4.69, 9.17) is 10.5 Å². The molecule has 2 atom stereocenters. The Morgan fingerprint density at radius 2 is 1.97 bits per heavy atom. The summed E-state index contributed by atoms with van der Waals surface area (Å²) >= 11 is 0. The number of benzene rings is 2. The van der Waals surface area contributed by atoms with Gasteiger partial charge in [-0.15, -0.1) is 0 Å². The second kappa shape index (κ2) is 8.05. The van der Waals surface area contributed by atoms with Crippen LogP contribution in [-0.4, -0.2) is 28.5 Å². The van der Waals surface area contributed by atoms with Crippen LogP contribution in [-0.2, 0) is 11.2 Å². The van der Waals surface area contributed by atoms with Crippen LogP contribution >= 0.6 is 0 Å². The number of nitrogens with two attached hydrogens (primary N) is 1. The van der Waals surface area contributed by atoms with Gasteiger partial charge in [-0.05, 0) is 66.1 Å². The lowest BCUT2D eigenvalue weighted by atomic mass is 9.93. The molecule has 1 amide bonds. The first-order chi connectivity index (χ1) is 16.2. The highest BCUT2D eigenvalue weighted by Crippen LogP contribution is 2.49. The predicted molar refractivity (Wildman–Crippen MR) is 129 cm³/mol. The lowest BCUT2D eigenvalue weighted by Gasteiger charge is -2.14. The van der Waals surface area contributed by atoms with Crippen LogP contribution in [0.4, 0.5) is 5.69 Å². The molecule has 1 saturated carbocycles. The number of hydrogen-bond donors (Lipinski definition) is 3. The van der Waals surface area contributed by atoms with Gasteiger partial charge in [-0.1, -0.05) is 24.3 Å². The lowest BCUT2D eigenvalue weighted by Crippen LogP contribution is -2.30. The van der Waals surface area contributed by atoms with E-state index in [0.717, 1.165) is 47.2 Å². The Hall–Kier alpha value is -3.64. The zero-order valence-electron chi connectivity index (χ0n) is 18.3. The summed E-state index contributed by atoms with van der Waals surface area (Å²) < 4.78 is 6.01. The number of fused-ring (bicyclic) bond motifs is 2. The lowest BCUT2D eigenvalue weighted by molar-refractivity contribution is -0.117. The first-order valence-corrected chi connectivity index (χ1v) is 11.5. The predicted octanol–water partition coefficient (Wildman–Crippen LogP) is 4.62. The molecule has 1 unspecified atom stereocenters. The van der Waals surface area contributed by atoms with Crippen LogP contribution < -0.4 is 15.8 Å². The van der Waals surface area contributed by atoms with E-state index < -0.39 is 0 Å². The number of pyridine rings is 1. The van der Waals surface area contributed by atoms with E-state index in [9.17, 15) is 4.79 Å². The van der Waals surface area contributed by atoms with Crippen LogP contribution in [0.3, 0.4) is 0 Å². The number of H-pyrrole nitrogens is 1. The Labute approximate surface area is 192 Å². The number of nitrogens with zero attached hydrogens (tertiary/aromatic N) is 1. The number of carbonyl (C=O) groups excluding carboxylic acids is 1. The maximum Gasteiger partial charge on any atom is 0.232 e. The maximum absolute atomic E-state index is 12.4. The Balaban J connectivity index is 1.15. The molecule has 1 aliphatic carbocycles. The van der Waals surface area contributed by atoms with E-state index in [-0.39, 0.29) is 17.9 Å². The Morgan fingerprint density at radius 1 is 1.09 bits per heavy atom. The molecule has 33 heavy (non-hydrogen) atoms. The number of amides is 1. The number of para-hydroxylation sites is 1. The first kappa shape index (κ1) is 20.0. The highest BCUT2D eigenvalue weighted by Gasteiger charge is 2.42. The molecule has 0 radical (unpaired) electrons. The second-order valence-electron chi connectivity index (χ2n) is 9.15. The summed E-state index contributed by atoms with van der Waals surface area (Å²) in [6.45, 7) is 0.400. The smallest absolute Gasteiger partial charge is 0.232 e. The topological polar surface area (TPSA) is 93.0 Å². The van der Waals surface area contributed by atoms with Crippen molar-refractivity contribution >= 4 is 22.5 Å². The van der Waals surface area contributed by atoms with Gasteiger partial charge >= 0.3 is 0 Å². The van der Waals surface area contributed by atoms with Crippen LogP contribution in [0, 0.1) is 5.92 Å². The summed E-state index contributed by atoms with van der Waals surface area (Å²) in [6, 6.07) is 16.2. The SMILES string of the molecule is N[C@H](COc1cncc(-c2ccc3c(c2)C(C2CC2)C(=O)N3)c1)Cc1c[nH]c2ccccc12. The average molecular weight is 439 g/mol. The number of hydrogen-bond acceptors (Lipinski definition) is 4. The molecule has 2 aromatic heterocycles. The van der Waals surface area contributed by atoms with Crippen LogP contribution in [0.15, 0.2) is 67.1 Å². The number of carbonyl (C=O) groups is 1. The van der Waals surface area contributed by atoms with E-state index in [0.29, 0.717) is 18.3 Å². The molecule has 2 aliphatic rings. The van der Waals surface area contributed by atoms with E-state index in [1.54, 1.807) is 6.20 Å². The third kappa shape index (κ3) is 3.87. The highest BCUT2D eigenvalue weighted by molar-refractivity contribution is 6.03. The number of aromatic amines is 1. The molecule has 4 N–H and O–H groups in total. The van der Waals surface area contributed by atoms with Crippen LogP contribution in [0.1, 0.15) is 29.9 Å². The van der Waals surface area contributed by atoms with Crippen molar-refractivity contribution in [2.75, 3.05) is 11.9 Å². The van der Waals surface area contributed by atoms with E-state index in [1.807, 2.05) is 42.7 Å². The fourth-order valence-electron chi connectivity index (χ4n) is 4.86. The van der Waals surface area contributed by atoms with Crippen molar-refractivity contribution in [2.24, 2.45) is 11.7 Å². The second-order valence-corrected chi connectivity index (χ2v) is 9.15. The largest absolute Gasteiger partial charge is 0.490 e. The van der Waals surface area contributed by atoms with E-state index in [2.05, 4.69) is 33.5 Å². The van der Waals surface area contributed by atoms with Gasteiger partial charge in [0.15, 0.2) is 0 Å². The highest BCUT2D eigenvalue weighted by atomic mass is 16.5. The van der Waals surface area contributed by atoms with Crippen molar-refractivity contribution in [2.45, 2.75) is 31.2 Å². The fourth-order valence-corrected chi connectivity index (χ4v) is 4.86. The molecule has 2 aromatic carbocycles. The zero-order valence-corrected chi connectivity index (χ0v) is 18.3. The summed E-state index contributed by atoms with van der Waals surface area (Å²) in [7, 11) is 0. The average Bonchev–Trinajstić information content (AvgIpc) is 3.50. The molecular weight excluding hydrogens is 412 g/mol. The molecule has 1 aliphatic heterocycles. The van der Waals surface area contributed by atoms with Crippen molar-refractivity contribution in [1.29, 1.82) is 0 Å². The molecule has 1 fully saturated rings. The Morgan fingerprint density at radius 3 is 2.85 bits per heavy atom. The van der Waals surface area contributed by atoms with Gasteiger partial charge in [0.1, 0.15) is 12.4 Å². The molecule has 6 rings (SSSR count). The van der Waals surface area contributed by atoms with Gasteiger partial charge in [0.05, 0.1) is 12.1 Å².